The zero-order valence-electron chi connectivity index (χ0n) is 51.1. The van der Waals surface area contributed by atoms with Gasteiger partial charge in [0.05, 0.1) is 0 Å². The van der Waals surface area contributed by atoms with Gasteiger partial charge in [0.25, 0.3) is 0 Å². The summed E-state index contributed by atoms with van der Waals surface area (Å²) < 4.78 is 16.9. The van der Waals surface area contributed by atoms with Crippen LogP contribution in [0.15, 0.2) is 146 Å². The van der Waals surface area contributed by atoms with Crippen molar-refractivity contribution in [3.63, 3.8) is 0 Å². The van der Waals surface area contributed by atoms with Crippen molar-refractivity contribution in [3.05, 3.63) is 146 Å². The second-order valence-corrected chi connectivity index (χ2v) is 20.9. The Balaban J connectivity index is 4.37. The minimum atomic E-state index is -0.820. The monoisotopic (exact) mass is 1090 g/mol. The number of carbonyl (C=O) groups excluding carboxylic acids is 3. The van der Waals surface area contributed by atoms with Gasteiger partial charge in [-0.3, -0.25) is 14.4 Å². The molecule has 0 aromatic carbocycles. The molecule has 0 spiro atoms. The third-order valence-corrected chi connectivity index (χ3v) is 13.3. The van der Waals surface area contributed by atoms with E-state index in [-0.39, 0.29) is 37.5 Å². The predicted octanol–water partition coefficient (Wildman–Crippen LogP) is 22.3. The van der Waals surface area contributed by atoms with E-state index in [2.05, 4.69) is 167 Å². The lowest BCUT2D eigenvalue weighted by Crippen LogP contribution is -2.30. The third-order valence-electron chi connectivity index (χ3n) is 13.3. The summed E-state index contributed by atoms with van der Waals surface area (Å²) in [4.78, 5) is 38.3. The first kappa shape index (κ1) is 74.3. The van der Waals surface area contributed by atoms with Crippen LogP contribution in [0.25, 0.3) is 0 Å². The largest absolute Gasteiger partial charge is 0.462 e. The van der Waals surface area contributed by atoms with Crippen molar-refractivity contribution in [1.82, 2.24) is 0 Å². The van der Waals surface area contributed by atoms with Gasteiger partial charge in [0, 0.05) is 19.3 Å². The number of hydrogen-bond acceptors (Lipinski definition) is 6. The molecule has 6 heteroatoms. The van der Waals surface area contributed by atoms with E-state index in [0.29, 0.717) is 19.3 Å². The molecule has 0 aromatic heterocycles. The van der Waals surface area contributed by atoms with Gasteiger partial charge in [-0.25, -0.2) is 0 Å². The van der Waals surface area contributed by atoms with E-state index >= 15 is 0 Å². The Morgan fingerprint density at radius 2 is 0.506 bits per heavy atom. The lowest BCUT2D eigenvalue weighted by Gasteiger charge is -2.18. The van der Waals surface area contributed by atoms with Crippen LogP contribution in [0.1, 0.15) is 278 Å². The van der Waals surface area contributed by atoms with Gasteiger partial charge in [0.15, 0.2) is 6.10 Å². The Morgan fingerprint density at radius 3 is 0.810 bits per heavy atom. The highest BCUT2D eigenvalue weighted by molar-refractivity contribution is 5.71. The van der Waals surface area contributed by atoms with Crippen molar-refractivity contribution in [1.29, 1.82) is 0 Å². The van der Waals surface area contributed by atoms with Crippen LogP contribution in [0.5, 0.6) is 0 Å². The fourth-order valence-corrected chi connectivity index (χ4v) is 8.54. The highest BCUT2D eigenvalue weighted by Crippen LogP contribution is 2.15. The van der Waals surface area contributed by atoms with E-state index in [9.17, 15) is 14.4 Å². The number of hydrogen-bond donors (Lipinski definition) is 0. The molecule has 0 rings (SSSR count). The van der Waals surface area contributed by atoms with Crippen LogP contribution in [0.3, 0.4) is 0 Å². The Labute approximate surface area is 487 Å². The van der Waals surface area contributed by atoms with Crippen molar-refractivity contribution in [2.24, 2.45) is 0 Å². The second kappa shape index (κ2) is 65.8. The van der Waals surface area contributed by atoms with E-state index in [0.717, 1.165) is 135 Å². The first-order valence-corrected chi connectivity index (χ1v) is 32.3. The average Bonchev–Trinajstić information content (AvgIpc) is 3.45. The topological polar surface area (TPSA) is 78.9 Å². The molecule has 0 bridgehead atoms. The number of rotatable bonds is 57. The van der Waals surface area contributed by atoms with E-state index in [1.165, 1.54) is 96.3 Å². The minimum absolute atomic E-state index is 0.110. The molecule has 0 saturated heterocycles. The lowest BCUT2D eigenvalue weighted by molar-refractivity contribution is -0.167. The van der Waals surface area contributed by atoms with Crippen molar-refractivity contribution < 1.29 is 28.6 Å². The van der Waals surface area contributed by atoms with Crippen LogP contribution in [0.2, 0.25) is 0 Å². The highest BCUT2D eigenvalue weighted by atomic mass is 16.6. The molecule has 6 nitrogen and oxygen atoms in total. The van der Waals surface area contributed by atoms with Gasteiger partial charge in [0.2, 0.25) is 0 Å². The van der Waals surface area contributed by atoms with Crippen molar-refractivity contribution >= 4 is 17.9 Å². The SMILES string of the molecule is CC/C=C\C/C=C\C/C=C\C/C=C\C/C=C\CCCCCCCCCCCCCCCC(=O)OCC(COC(=O)CCCCCCC/C=C\C/C=C\CCCCC)OC(=O)CCC/C=C\C/C=C\C/C=C\C/C=C\C/C=C\CC. The highest BCUT2D eigenvalue weighted by Gasteiger charge is 2.19. The Morgan fingerprint density at radius 1 is 0.266 bits per heavy atom. The molecule has 0 fully saturated rings. The number of carbonyl (C=O) groups is 3. The Bertz CT molecular complexity index is 1730. The van der Waals surface area contributed by atoms with Gasteiger partial charge in [-0.1, -0.05) is 269 Å². The third kappa shape index (κ3) is 64.0. The van der Waals surface area contributed by atoms with Gasteiger partial charge in [-0.15, -0.1) is 0 Å². The normalized spacial score (nSPS) is 13.1. The van der Waals surface area contributed by atoms with Gasteiger partial charge in [-0.05, 0) is 135 Å². The number of esters is 3. The fraction of sp³-hybridized carbons (Fsp3) is 0.630. The summed E-state index contributed by atoms with van der Waals surface area (Å²) in [6.07, 6.45) is 94.3. The summed E-state index contributed by atoms with van der Waals surface area (Å²) in [5.41, 5.74) is 0. The van der Waals surface area contributed by atoms with Crippen LogP contribution in [-0.4, -0.2) is 37.2 Å². The molecule has 0 radical (unpaired) electrons. The summed E-state index contributed by atoms with van der Waals surface area (Å²) in [7, 11) is 0. The number of ether oxygens (including phenoxy) is 3. The van der Waals surface area contributed by atoms with Crippen molar-refractivity contribution in [2.45, 2.75) is 284 Å². The van der Waals surface area contributed by atoms with Gasteiger partial charge < -0.3 is 14.2 Å². The molecule has 0 aliphatic carbocycles. The maximum Gasteiger partial charge on any atom is 0.306 e. The first-order chi connectivity index (χ1) is 39.0. The Hall–Kier alpha value is -4.71. The summed E-state index contributed by atoms with van der Waals surface area (Å²) >= 11 is 0. The van der Waals surface area contributed by atoms with E-state index in [1.807, 2.05) is 0 Å². The van der Waals surface area contributed by atoms with Crippen LogP contribution in [0.4, 0.5) is 0 Å². The molecular weight excluding hydrogens is 973 g/mol. The van der Waals surface area contributed by atoms with Gasteiger partial charge >= 0.3 is 17.9 Å². The molecular formula is C73H118O6. The molecule has 1 unspecified atom stereocenters. The molecule has 0 N–H and O–H groups in total. The smallest absolute Gasteiger partial charge is 0.306 e. The zero-order valence-corrected chi connectivity index (χ0v) is 51.1. The standard InChI is InChI=1S/C73H118O6/c1-4-7-10-13-16-19-22-25-28-30-31-32-33-34-35-36-37-38-39-40-41-43-45-48-51-54-57-60-63-66-72(75)78-69-70(68-77-71(74)65-62-59-56-53-50-47-44-27-24-21-18-15-12-9-6-3)79-73(76)67-64-61-58-55-52-49-46-42-29-26-23-20-17-14-11-8-5-2/h7-8,10-11,16-21,25-29,31-32,34-35,44,46,49,55,58,70H,4-6,9,12-15,22-24,30,33,36-43,45,47-48,50-54,56-57,59-69H2,1-3H3/b10-7-,11-8-,19-16-,20-17-,21-18-,28-25-,29-26-,32-31-,35-34-,44-27-,49-46-,58-55-. The zero-order chi connectivity index (χ0) is 57.1. The predicted molar refractivity (Wildman–Crippen MR) is 343 cm³/mol. The number of unbranched alkanes of at least 4 members (excludes halogenated alkanes) is 22. The molecule has 0 aliphatic heterocycles. The number of allylic oxidation sites excluding steroid dienone is 24. The molecule has 1 atom stereocenters. The first-order valence-electron chi connectivity index (χ1n) is 32.3. The van der Waals surface area contributed by atoms with E-state index in [4.69, 9.17) is 14.2 Å². The van der Waals surface area contributed by atoms with Gasteiger partial charge in [-0.2, -0.15) is 0 Å². The Kier molecular flexibility index (Phi) is 61.9. The van der Waals surface area contributed by atoms with Crippen LogP contribution in [0, 0.1) is 0 Å². The van der Waals surface area contributed by atoms with E-state index in [1.54, 1.807) is 0 Å². The van der Waals surface area contributed by atoms with Crippen LogP contribution < -0.4 is 0 Å². The lowest BCUT2D eigenvalue weighted by atomic mass is 10.0. The molecule has 0 saturated carbocycles. The molecule has 0 aromatic rings. The summed E-state index contributed by atoms with van der Waals surface area (Å²) in [6, 6.07) is 0. The van der Waals surface area contributed by atoms with E-state index < -0.39 is 6.10 Å². The summed E-state index contributed by atoms with van der Waals surface area (Å²) in [5, 5.41) is 0. The summed E-state index contributed by atoms with van der Waals surface area (Å²) in [5.74, 6) is -0.983. The molecule has 446 valence electrons. The van der Waals surface area contributed by atoms with Gasteiger partial charge in [0.1, 0.15) is 13.2 Å². The maximum atomic E-state index is 12.9. The minimum Gasteiger partial charge on any atom is -0.462 e. The van der Waals surface area contributed by atoms with Crippen LogP contribution in [-0.2, 0) is 28.6 Å². The quantitative estimate of drug-likeness (QED) is 0.0261. The summed E-state index contributed by atoms with van der Waals surface area (Å²) in [6.45, 7) is 6.33. The molecule has 0 heterocycles. The van der Waals surface area contributed by atoms with Crippen molar-refractivity contribution in [2.75, 3.05) is 13.2 Å². The van der Waals surface area contributed by atoms with Crippen LogP contribution >= 0.6 is 0 Å². The molecule has 0 aliphatic rings. The second-order valence-electron chi connectivity index (χ2n) is 20.9. The van der Waals surface area contributed by atoms with Crippen molar-refractivity contribution in [3.8, 4) is 0 Å². The maximum absolute atomic E-state index is 12.9. The molecule has 0 amide bonds. The average molecular weight is 1090 g/mol. The molecule has 79 heavy (non-hydrogen) atoms. The fourth-order valence-electron chi connectivity index (χ4n) is 8.54.